The van der Waals surface area contributed by atoms with Gasteiger partial charge in [0.1, 0.15) is 18.9 Å². The van der Waals surface area contributed by atoms with E-state index in [1.54, 1.807) is 48.5 Å². The van der Waals surface area contributed by atoms with E-state index in [0.717, 1.165) is 21.0 Å². The van der Waals surface area contributed by atoms with Gasteiger partial charge in [-0.15, -0.1) is 0 Å². The van der Waals surface area contributed by atoms with Crippen LogP contribution in [0.2, 0.25) is 5.02 Å². The lowest BCUT2D eigenvalue weighted by atomic mass is 10.2. The van der Waals surface area contributed by atoms with Crippen LogP contribution in [-0.4, -0.2) is 27.1 Å². The first-order chi connectivity index (χ1) is 18.3. The minimum Gasteiger partial charge on any atom is -0.489 e. The smallest absolute Gasteiger partial charge is 0.264 e. The molecule has 194 valence electrons. The van der Waals surface area contributed by atoms with Crippen molar-refractivity contribution in [1.82, 2.24) is 5.43 Å². The second-order valence-corrected chi connectivity index (χ2v) is 10.7. The number of benzene rings is 4. The van der Waals surface area contributed by atoms with Gasteiger partial charge in [-0.25, -0.2) is 13.8 Å². The van der Waals surface area contributed by atoms with E-state index in [0.29, 0.717) is 23.1 Å². The van der Waals surface area contributed by atoms with Crippen LogP contribution in [0.5, 0.6) is 5.75 Å². The lowest BCUT2D eigenvalue weighted by molar-refractivity contribution is -0.119. The first kappa shape index (κ1) is 26.9. The van der Waals surface area contributed by atoms with Crippen LogP contribution in [-0.2, 0) is 21.4 Å². The number of hydrogen-bond acceptors (Lipinski definition) is 5. The van der Waals surface area contributed by atoms with Gasteiger partial charge in [-0.05, 0) is 78.7 Å². The van der Waals surface area contributed by atoms with Crippen molar-refractivity contribution in [3.05, 3.63) is 125 Å². The van der Waals surface area contributed by atoms with Gasteiger partial charge < -0.3 is 4.74 Å². The monoisotopic (exact) mass is 547 g/mol. The highest BCUT2D eigenvalue weighted by Gasteiger charge is 2.27. The molecule has 4 aromatic rings. The summed E-state index contributed by atoms with van der Waals surface area (Å²) in [5.41, 5.74) is 5.43. The third kappa shape index (κ3) is 7.21. The highest BCUT2D eigenvalue weighted by molar-refractivity contribution is 7.92. The van der Waals surface area contributed by atoms with Gasteiger partial charge in [-0.1, -0.05) is 59.6 Å². The van der Waals surface area contributed by atoms with E-state index in [1.165, 1.54) is 18.3 Å². The van der Waals surface area contributed by atoms with Crippen LogP contribution < -0.4 is 14.5 Å². The van der Waals surface area contributed by atoms with Gasteiger partial charge in [0.05, 0.1) is 16.8 Å². The average Bonchev–Trinajstić information content (AvgIpc) is 2.93. The standard InChI is InChI=1S/C29H26ClN3O4S/c1-22-7-17-28(18-8-22)38(35,36)33(26-13-11-25(30)12-14-26)20-29(34)32-31-19-23-9-15-27(16-10-23)37-21-24-5-3-2-4-6-24/h2-19H,20-21H2,1H3,(H,32,34)/b31-19-. The molecule has 0 bridgehead atoms. The van der Waals surface area contributed by atoms with Crippen LogP contribution in [0, 0.1) is 6.92 Å². The van der Waals surface area contributed by atoms with Gasteiger partial charge in [-0.2, -0.15) is 5.10 Å². The van der Waals surface area contributed by atoms with Gasteiger partial charge in [0.2, 0.25) is 0 Å². The SMILES string of the molecule is Cc1ccc(S(=O)(=O)N(CC(=O)N/N=C\c2ccc(OCc3ccccc3)cc2)c2ccc(Cl)cc2)cc1. The molecule has 0 radical (unpaired) electrons. The molecule has 0 unspecified atom stereocenters. The van der Waals surface area contributed by atoms with E-state index in [1.807, 2.05) is 49.4 Å². The third-order valence-electron chi connectivity index (χ3n) is 5.54. The number of anilines is 1. The Kier molecular flexibility index (Phi) is 8.78. The molecule has 4 rings (SSSR count). The lowest BCUT2D eigenvalue weighted by Gasteiger charge is -2.23. The van der Waals surface area contributed by atoms with Crippen molar-refractivity contribution in [2.24, 2.45) is 5.10 Å². The van der Waals surface area contributed by atoms with Crippen LogP contribution in [0.3, 0.4) is 0 Å². The molecule has 0 fully saturated rings. The summed E-state index contributed by atoms with van der Waals surface area (Å²) in [6, 6.07) is 29.7. The summed E-state index contributed by atoms with van der Waals surface area (Å²) in [6.45, 7) is 1.85. The van der Waals surface area contributed by atoms with Crippen molar-refractivity contribution in [2.45, 2.75) is 18.4 Å². The van der Waals surface area contributed by atoms with Gasteiger partial charge in [0, 0.05) is 5.02 Å². The van der Waals surface area contributed by atoms with Gasteiger partial charge in [0.25, 0.3) is 15.9 Å². The molecule has 0 saturated carbocycles. The molecule has 9 heteroatoms. The fraction of sp³-hybridized carbons (Fsp3) is 0.103. The maximum absolute atomic E-state index is 13.4. The first-order valence-corrected chi connectivity index (χ1v) is 13.6. The van der Waals surface area contributed by atoms with E-state index in [4.69, 9.17) is 16.3 Å². The first-order valence-electron chi connectivity index (χ1n) is 11.7. The van der Waals surface area contributed by atoms with E-state index in [-0.39, 0.29) is 4.90 Å². The highest BCUT2D eigenvalue weighted by atomic mass is 35.5. The zero-order chi connectivity index (χ0) is 27.0. The third-order valence-corrected chi connectivity index (χ3v) is 7.58. The number of nitrogens with zero attached hydrogens (tertiary/aromatic N) is 2. The Labute approximate surface area is 227 Å². The predicted octanol–water partition coefficient (Wildman–Crippen LogP) is 5.57. The normalized spacial score (nSPS) is 11.3. The average molecular weight is 548 g/mol. The molecular formula is C29H26ClN3O4S. The van der Waals surface area contributed by atoms with Crippen LogP contribution >= 0.6 is 11.6 Å². The molecule has 1 N–H and O–H groups in total. The molecular weight excluding hydrogens is 522 g/mol. The lowest BCUT2D eigenvalue weighted by Crippen LogP contribution is -2.39. The number of hydrazone groups is 1. The Balaban J connectivity index is 1.41. The second kappa shape index (κ2) is 12.4. The number of rotatable bonds is 10. The van der Waals surface area contributed by atoms with E-state index in [9.17, 15) is 13.2 Å². The number of carbonyl (C=O) groups is 1. The van der Waals surface area contributed by atoms with Crippen LogP contribution in [0.4, 0.5) is 5.69 Å². The molecule has 0 saturated heterocycles. The molecule has 0 heterocycles. The van der Waals surface area contributed by atoms with E-state index < -0.39 is 22.5 Å². The summed E-state index contributed by atoms with van der Waals surface area (Å²) >= 11 is 5.98. The summed E-state index contributed by atoms with van der Waals surface area (Å²) in [4.78, 5) is 12.8. The minimum absolute atomic E-state index is 0.0731. The number of hydrogen-bond donors (Lipinski definition) is 1. The molecule has 0 aliphatic carbocycles. The minimum atomic E-state index is -4.02. The van der Waals surface area contributed by atoms with Crippen molar-refractivity contribution in [3.8, 4) is 5.75 Å². The number of ether oxygens (including phenoxy) is 1. The van der Waals surface area contributed by atoms with E-state index in [2.05, 4.69) is 10.5 Å². The summed E-state index contributed by atoms with van der Waals surface area (Å²) in [6.07, 6.45) is 1.47. The molecule has 0 atom stereocenters. The molecule has 7 nitrogen and oxygen atoms in total. The molecule has 0 aliphatic rings. The van der Waals surface area contributed by atoms with Crippen molar-refractivity contribution in [3.63, 3.8) is 0 Å². The van der Waals surface area contributed by atoms with Gasteiger partial charge in [0.15, 0.2) is 0 Å². The van der Waals surface area contributed by atoms with Crippen LogP contribution in [0.1, 0.15) is 16.7 Å². The highest BCUT2D eigenvalue weighted by Crippen LogP contribution is 2.25. The molecule has 38 heavy (non-hydrogen) atoms. The summed E-state index contributed by atoms with van der Waals surface area (Å²) in [5.74, 6) is 0.102. The van der Waals surface area contributed by atoms with E-state index >= 15 is 0 Å². The second-order valence-electron chi connectivity index (χ2n) is 8.44. The largest absolute Gasteiger partial charge is 0.489 e. The summed E-state index contributed by atoms with van der Waals surface area (Å²) < 4.78 is 33.6. The fourth-order valence-corrected chi connectivity index (χ4v) is 5.04. The van der Waals surface area contributed by atoms with Crippen molar-refractivity contribution < 1.29 is 17.9 Å². The Morgan fingerprint density at radius 2 is 1.58 bits per heavy atom. The van der Waals surface area contributed by atoms with Crippen molar-refractivity contribution in [1.29, 1.82) is 0 Å². The number of amides is 1. The zero-order valence-corrected chi connectivity index (χ0v) is 22.2. The number of sulfonamides is 1. The predicted molar refractivity (Wildman–Crippen MR) is 150 cm³/mol. The molecule has 1 amide bonds. The number of halogens is 1. The summed E-state index contributed by atoms with van der Waals surface area (Å²) in [5, 5.41) is 4.43. The number of aryl methyl sites for hydroxylation is 1. The molecule has 0 aliphatic heterocycles. The van der Waals surface area contributed by atoms with Gasteiger partial charge >= 0.3 is 0 Å². The van der Waals surface area contributed by atoms with Crippen molar-refractivity contribution >= 4 is 39.4 Å². The molecule has 4 aromatic carbocycles. The topological polar surface area (TPSA) is 88.1 Å². The van der Waals surface area contributed by atoms with Crippen LogP contribution in [0.15, 0.2) is 113 Å². The molecule has 0 aromatic heterocycles. The Morgan fingerprint density at radius 1 is 0.921 bits per heavy atom. The maximum Gasteiger partial charge on any atom is 0.264 e. The zero-order valence-electron chi connectivity index (χ0n) is 20.6. The Hall–Kier alpha value is -4.14. The van der Waals surface area contributed by atoms with Gasteiger partial charge in [-0.3, -0.25) is 9.10 Å². The summed E-state index contributed by atoms with van der Waals surface area (Å²) in [7, 11) is -4.02. The number of nitrogens with one attached hydrogen (secondary N) is 1. The van der Waals surface area contributed by atoms with Crippen molar-refractivity contribution in [2.75, 3.05) is 10.8 Å². The Morgan fingerprint density at radius 3 is 2.24 bits per heavy atom. The number of carbonyl (C=O) groups excluding carboxylic acids is 1. The Bertz CT molecular complexity index is 1490. The fourth-order valence-electron chi connectivity index (χ4n) is 3.50. The quantitative estimate of drug-likeness (QED) is 0.207. The van der Waals surface area contributed by atoms with Crippen LogP contribution in [0.25, 0.3) is 0 Å². The molecule has 0 spiro atoms. The maximum atomic E-state index is 13.4.